The van der Waals surface area contributed by atoms with Gasteiger partial charge >= 0.3 is 0 Å². The topological polar surface area (TPSA) is 40.6 Å². The molecule has 0 unspecified atom stereocenters. The van der Waals surface area contributed by atoms with Crippen LogP contribution in [0, 0.1) is 0 Å². The number of rotatable bonds is 7. The molecule has 16 heavy (non-hydrogen) atoms. The van der Waals surface area contributed by atoms with Crippen molar-refractivity contribution in [2.24, 2.45) is 0 Å². The van der Waals surface area contributed by atoms with Gasteiger partial charge in [-0.3, -0.25) is 9.59 Å². The molecule has 4 heteroatoms. The molecular weight excluding hydrogens is 204 g/mol. The molecule has 90 valence electrons. The van der Waals surface area contributed by atoms with E-state index in [4.69, 9.17) is 0 Å². The molecule has 4 nitrogen and oxygen atoms in total. The minimum atomic E-state index is -0.107. The first-order valence-electron chi connectivity index (χ1n) is 5.43. The molecule has 0 bridgehead atoms. The van der Waals surface area contributed by atoms with Gasteiger partial charge in [-0.05, 0) is 26.0 Å². The maximum absolute atomic E-state index is 11.4. The zero-order valence-electron chi connectivity index (χ0n) is 10.1. The average Bonchev–Trinajstić information content (AvgIpc) is 2.33. The van der Waals surface area contributed by atoms with Gasteiger partial charge < -0.3 is 9.80 Å². The molecule has 0 saturated carbocycles. The summed E-state index contributed by atoms with van der Waals surface area (Å²) in [5.74, 6) is -0.214. The van der Waals surface area contributed by atoms with Gasteiger partial charge in [0.1, 0.15) is 0 Å². The van der Waals surface area contributed by atoms with E-state index in [9.17, 15) is 9.59 Å². The van der Waals surface area contributed by atoms with E-state index in [1.165, 1.54) is 12.2 Å². The van der Waals surface area contributed by atoms with Crippen LogP contribution in [0.4, 0.5) is 0 Å². The third-order valence-electron chi connectivity index (χ3n) is 2.38. The SMILES string of the molecule is C=CC(=O)N(CC)CCN(CC)C(=O)C=C. The van der Waals surface area contributed by atoms with Gasteiger partial charge in [0.25, 0.3) is 0 Å². The zero-order chi connectivity index (χ0) is 12.6. The Morgan fingerprint density at radius 1 is 0.938 bits per heavy atom. The van der Waals surface area contributed by atoms with Crippen molar-refractivity contribution in [3.05, 3.63) is 25.3 Å². The summed E-state index contributed by atoms with van der Waals surface area (Å²) in [4.78, 5) is 26.0. The van der Waals surface area contributed by atoms with Crippen molar-refractivity contribution in [3.63, 3.8) is 0 Å². The third-order valence-corrected chi connectivity index (χ3v) is 2.38. The van der Waals surface area contributed by atoms with E-state index in [1.54, 1.807) is 9.80 Å². The molecule has 0 radical (unpaired) electrons. The highest BCUT2D eigenvalue weighted by molar-refractivity contribution is 5.88. The standard InChI is InChI=1S/C12H20N2O2/c1-5-11(15)13(7-3)9-10-14(8-4)12(16)6-2/h5-6H,1-2,7-10H2,3-4H3. The van der Waals surface area contributed by atoms with Crippen LogP contribution in [0.2, 0.25) is 0 Å². The normalized spacial score (nSPS) is 9.38. The van der Waals surface area contributed by atoms with Crippen LogP contribution in [0.1, 0.15) is 13.8 Å². The summed E-state index contributed by atoms with van der Waals surface area (Å²) in [6, 6.07) is 0. The van der Waals surface area contributed by atoms with Gasteiger partial charge in [0.15, 0.2) is 0 Å². The minimum Gasteiger partial charge on any atom is -0.338 e. The number of amides is 2. The maximum atomic E-state index is 11.4. The second-order valence-electron chi connectivity index (χ2n) is 3.24. The molecule has 0 heterocycles. The fourth-order valence-corrected chi connectivity index (χ4v) is 1.35. The van der Waals surface area contributed by atoms with E-state index < -0.39 is 0 Å². The van der Waals surface area contributed by atoms with Crippen molar-refractivity contribution in [3.8, 4) is 0 Å². The van der Waals surface area contributed by atoms with Gasteiger partial charge in [0, 0.05) is 26.2 Å². The first-order valence-corrected chi connectivity index (χ1v) is 5.43. The molecule has 0 aliphatic carbocycles. The lowest BCUT2D eigenvalue weighted by atomic mass is 10.4. The van der Waals surface area contributed by atoms with Crippen LogP contribution < -0.4 is 0 Å². The monoisotopic (exact) mass is 224 g/mol. The summed E-state index contributed by atoms with van der Waals surface area (Å²) in [6.45, 7) is 12.9. The van der Waals surface area contributed by atoms with Crippen LogP contribution in [0.3, 0.4) is 0 Å². The highest BCUT2D eigenvalue weighted by Gasteiger charge is 2.12. The molecule has 0 aliphatic heterocycles. The third kappa shape index (κ3) is 4.29. The van der Waals surface area contributed by atoms with Crippen LogP contribution in [0.25, 0.3) is 0 Å². The summed E-state index contributed by atoms with van der Waals surface area (Å²) in [7, 11) is 0. The van der Waals surface area contributed by atoms with E-state index in [-0.39, 0.29) is 11.8 Å². The Morgan fingerprint density at radius 3 is 1.44 bits per heavy atom. The quantitative estimate of drug-likeness (QED) is 0.607. The summed E-state index contributed by atoms with van der Waals surface area (Å²) in [5, 5.41) is 0. The summed E-state index contributed by atoms with van der Waals surface area (Å²) < 4.78 is 0. The number of nitrogens with zero attached hydrogens (tertiary/aromatic N) is 2. The summed E-state index contributed by atoms with van der Waals surface area (Å²) in [5.41, 5.74) is 0. The van der Waals surface area contributed by atoms with Crippen molar-refractivity contribution in [1.82, 2.24) is 9.80 Å². The second-order valence-corrected chi connectivity index (χ2v) is 3.24. The molecule has 0 aromatic heterocycles. The fraction of sp³-hybridized carbons (Fsp3) is 0.500. The van der Waals surface area contributed by atoms with E-state index in [1.807, 2.05) is 13.8 Å². The average molecular weight is 224 g/mol. The Balaban J connectivity index is 4.27. The predicted molar refractivity (Wildman–Crippen MR) is 64.9 cm³/mol. The van der Waals surface area contributed by atoms with Gasteiger partial charge in [-0.25, -0.2) is 0 Å². The lowest BCUT2D eigenvalue weighted by Gasteiger charge is -2.24. The molecule has 0 atom stereocenters. The highest BCUT2D eigenvalue weighted by Crippen LogP contribution is 1.95. The highest BCUT2D eigenvalue weighted by atomic mass is 16.2. The number of hydrogen-bond donors (Lipinski definition) is 0. The van der Waals surface area contributed by atoms with E-state index in [2.05, 4.69) is 13.2 Å². The number of hydrogen-bond acceptors (Lipinski definition) is 2. The van der Waals surface area contributed by atoms with Crippen molar-refractivity contribution >= 4 is 11.8 Å². The lowest BCUT2D eigenvalue weighted by Crippen LogP contribution is -2.39. The maximum Gasteiger partial charge on any atom is 0.246 e. The second kappa shape index (κ2) is 7.68. The predicted octanol–water partition coefficient (Wildman–Crippen LogP) is 1.06. The first-order chi connectivity index (χ1) is 7.60. The zero-order valence-corrected chi connectivity index (χ0v) is 10.1. The van der Waals surface area contributed by atoms with Gasteiger partial charge in [-0.2, -0.15) is 0 Å². The molecule has 0 spiro atoms. The Hall–Kier alpha value is -1.58. The van der Waals surface area contributed by atoms with Crippen molar-refractivity contribution < 1.29 is 9.59 Å². The van der Waals surface area contributed by atoms with E-state index >= 15 is 0 Å². The van der Waals surface area contributed by atoms with E-state index in [0.29, 0.717) is 26.2 Å². The molecular formula is C12H20N2O2. The Labute approximate surface area is 97.2 Å². The molecule has 0 aromatic rings. The van der Waals surface area contributed by atoms with Gasteiger partial charge in [-0.1, -0.05) is 13.2 Å². The lowest BCUT2D eigenvalue weighted by molar-refractivity contribution is -0.129. The molecule has 0 fully saturated rings. The van der Waals surface area contributed by atoms with Gasteiger partial charge in [0.2, 0.25) is 11.8 Å². The Bertz CT molecular complexity index is 246. The summed E-state index contributed by atoms with van der Waals surface area (Å²) in [6.07, 6.45) is 2.57. The van der Waals surface area contributed by atoms with Crippen LogP contribution >= 0.6 is 0 Å². The molecule has 0 aromatic carbocycles. The van der Waals surface area contributed by atoms with Crippen LogP contribution in [-0.4, -0.2) is 47.8 Å². The molecule has 0 N–H and O–H groups in total. The van der Waals surface area contributed by atoms with Crippen molar-refractivity contribution in [1.29, 1.82) is 0 Å². The molecule has 2 amide bonds. The Kier molecular flexibility index (Phi) is 6.92. The molecule has 0 aliphatic rings. The van der Waals surface area contributed by atoms with Gasteiger partial charge in [-0.15, -0.1) is 0 Å². The van der Waals surface area contributed by atoms with Crippen LogP contribution in [-0.2, 0) is 9.59 Å². The van der Waals surface area contributed by atoms with Gasteiger partial charge in [0.05, 0.1) is 0 Å². The largest absolute Gasteiger partial charge is 0.338 e. The van der Waals surface area contributed by atoms with Crippen molar-refractivity contribution in [2.45, 2.75) is 13.8 Å². The number of carbonyl (C=O) groups is 2. The number of likely N-dealkylation sites (N-methyl/N-ethyl adjacent to an activating group) is 2. The first kappa shape index (κ1) is 14.4. The van der Waals surface area contributed by atoms with Crippen LogP contribution in [0.15, 0.2) is 25.3 Å². The van der Waals surface area contributed by atoms with Crippen molar-refractivity contribution in [2.75, 3.05) is 26.2 Å². The Morgan fingerprint density at radius 2 is 1.25 bits per heavy atom. The van der Waals surface area contributed by atoms with Crippen LogP contribution in [0.5, 0.6) is 0 Å². The van der Waals surface area contributed by atoms with E-state index in [0.717, 1.165) is 0 Å². The molecule has 0 rings (SSSR count). The minimum absolute atomic E-state index is 0.107. The number of carbonyl (C=O) groups excluding carboxylic acids is 2. The summed E-state index contributed by atoms with van der Waals surface area (Å²) >= 11 is 0. The molecule has 0 saturated heterocycles. The fourth-order valence-electron chi connectivity index (χ4n) is 1.35. The smallest absolute Gasteiger partial charge is 0.246 e.